The minimum Gasteiger partial charge on any atom is -0.497 e. The van der Waals surface area contributed by atoms with Gasteiger partial charge >= 0.3 is 6.03 Å². The fourth-order valence-electron chi connectivity index (χ4n) is 3.36. The second-order valence-electron chi connectivity index (χ2n) is 6.75. The van der Waals surface area contributed by atoms with Gasteiger partial charge < -0.3 is 24.1 Å². The SMILES string of the molecule is COc1ccc(OC)c(N2CCN(CC(=O)NCc3nc4ccccc4o3)C2=O)c1. The lowest BCUT2D eigenvalue weighted by Gasteiger charge is -2.20. The minimum atomic E-state index is -0.287. The number of oxazole rings is 1. The highest BCUT2D eigenvalue weighted by Gasteiger charge is 2.32. The summed E-state index contributed by atoms with van der Waals surface area (Å²) in [6, 6.07) is 12.4. The molecule has 0 spiro atoms. The first kappa shape index (κ1) is 19.6. The van der Waals surface area contributed by atoms with Gasteiger partial charge in [-0.2, -0.15) is 0 Å². The van der Waals surface area contributed by atoms with Gasteiger partial charge in [0.25, 0.3) is 0 Å². The predicted molar refractivity (Wildman–Crippen MR) is 110 cm³/mol. The summed E-state index contributed by atoms with van der Waals surface area (Å²) < 4.78 is 16.2. The number of fused-ring (bicyclic) bond motifs is 1. The predicted octanol–water partition coefficient (Wildman–Crippen LogP) is 2.40. The number of hydrogen-bond donors (Lipinski definition) is 1. The van der Waals surface area contributed by atoms with Crippen molar-refractivity contribution in [2.24, 2.45) is 0 Å². The zero-order valence-corrected chi connectivity index (χ0v) is 16.8. The van der Waals surface area contributed by atoms with E-state index in [4.69, 9.17) is 13.9 Å². The van der Waals surface area contributed by atoms with Crippen LogP contribution in [0.25, 0.3) is 11.1 Å². The molecule has 0 aliphatic carbocycles. The smallest absolute Gasteiger partial charge is 0.325 e. The summed E-state index contributed by atoms with van der Waals surface area (Å²) in [6.07, 6.45) is 0. The van der Waals surface area contributed by atoms with Crippen LogP contribution in [0.15, 0.2) is 46.9 Å². The van der Waals surface area contributed by atoms with E-state index in [0.29, 0.717) is 41.7 Å². The number of aromatic nitrogens is 1. The summed E-state index contributed by atoms with van der Waals surface area (Å²) >= 11 is 0. The first-order valence-electron chi connectivity index (χ1n) is 9.48. The average molecular weight is 410 g/mol. The third-order valence-electron chi connectivity index (χ3n) is 4.88. The molecule has 1 N–H and O–H groups in total. The van der Waals surface area contributed by atoms with Gasteiger partial charge in [-0.3, -0.25) is 9.69 Å². The molecule has 0 bridgehead atoms. The van der Waals surface area contributed by atoms with E-state index in [9.17, 15) is 9.59 Å². The van der Waals surface area contributed by atoms with E-state index >= 15 is 0 Å². The van der Waals surface area contributed by atoms with Crippen molar-refractivity contribution in [1.82, 2.24) is 15.2 Å². The molecule has 0 atom stereocenters. The van der Waals surface area contributed by atoms with Crippen LogP contribution in [0.4, 0.5) is 10.5 Å². The average Bonchev–Trinajstić information content (AvgIpc) is 3.35. The van der Waals surface area contributed by atoms with E-state index in [1.807, 2.05) is 24.3 Å². The van der Waals surface area contributed by atoms with Gasteiger partial charge in [0.15, 0.2) is 5.58 Å². The van der Waals surface area contributed by atoms with Gasteiger partial charge in [-0.1, -0.05) is 12.1 Å². The van der Waals surface area contributed by atoms with Crippen LogP contribution in [0.3, 0.4) is 0 Å². The van der Waals surface area contributed by atoms with Crippen molar-refractivity contribution < 1.29 is 23.5 Å². The number of benzene rings is 2. The number of nitrogens with zero attached hydrogens (tertiary/aromatic N) is 3. The van der Waals surface area contributed by atoms with Crippen LogP contribution in [-0.4, -0.2) is 55.7 Å². The molecule has 156 valence electrons. The molecule has 1 aromatic heterocycles. The van der Waals surface area contributed by atoms with Crippen molar-refractivity contribution in [2.45, 2.75) is 6.54 Å². The van der Waals surface area contributed by atoms with Crippen LogP contribution >= 0.6 is 0 Å². The van der Waals surface area contributed by atoms with Crippen LogP contribution in [0, 0.1) is 0 Å². The number of para-hydroxylation sites is 2. The third kappa shape index (κ3) is 3.86. The van der Waals surface area contributed by atoms with Crippen LogP contribution < -0.4 is 19.7 Å². The van der Waals surface area contributed by atoms with Gasteiger partial charge in [0.05, 0.1) is 26.5 Å². The molecule has 3 aromatic rings. The molecule has 0 unspecified atom stereocenters. The van der Waals surface area contributed by atoms with Gasteiger partial charge in [0, 0.05) is 19.2 Å². The maximum Gasteiger partial charge on any atom is 0.325 e. The highest BCUT2D eigenvalue weighted by molar-refractivity contribution is 5.97. The maximum absolute atomic E-state index is 12.8. The van der Waals surface area contributed by atoms with Gasteiger partial charge in [-0.25, -0.2) is 9.78 Å². The molecule has 1 saturated heterocycles. The number of urea groups is 1. The van der Waals surface area contributed by atoms with Crippen LogP contribution in [-0.2, 0) is 11.3 Å². The fraction of sp³-hybridized carbons (Fsp3) is 0.286. The number of methoxy groups -OCH3 is 2. The summed E-state index contributed by atoms with van der Waals surface area (Å²) in [5.41, 5.74) is 2.01. The van der Waals surface area contributed by atoms with Crippen molar-refractivity contribution in [3.8, 4) is 11.5 Å². The maximum atomic E-state index is 12.8. The number of ether oxygens (including phenoxy) is 2. The number of carbonyl (C=O) groups is 2. The largest absolute Gasteiger partial charge is 0.497 e. The molecule has 0 saturated carbocycles. The normalized spacial score (nSPS) is 13.7. The number of hydrogen-bond acceptors (Lipinski definition) is 6. The summed E-state index contributed by atoms with van der Waals surface area (Å²) in [7, 11) is 3.11. The van der Waals surface area contributed by atoms with Crippen molar-refractivity contribution in [3.63, 3.8) is 0 Å². The Morgan fingerprint density at radius 1 is 1.17 bits per heavy atom. The Labute approximate surface area is 173 Å². The molecule has 9 nitrogen and oxygen atoms in total. The zero-order valence-electron chi connectivity index (χ0n) is 16.8. The molecular weight excluding hydrogens is 388 g/mol. The summed E-state index contributed by atoms with van der Waals surface area (Å²) in [5.74, 6) is 1.31. The molecule has 2 heterocycles. The van der Waals surface area contributed by atoms with E-state index in [-0.39, 0.29) is 25.0 Å². The number of rotatable bonds is 7. The molecule has 9 heteroatoms. The second-order valence-corrected chi connectivity index (χ2v) is 6.75. The number of anilines is 1. The monoisotopic (exact) mass is 410 g/mol. The second kappa shape index (κ2) is 8.32. The van der Waals surface area contributed by atoms with Gasteiger partial charge in [-0.15, -0.1) is 0 Å². The van der Waals surface area contributed by atoms with E-state index in [1.54, 1.807) is 37.3 Å². The molecule has 30 heavy (non-hydrogen) atoms. The minimum absolute atomic E-state index is 0.0537. The summed E-state index contributed by atoms with van der Waals surface area (Å²) in [6.45, 7) is 0.973. The molecule has 0 radical (unpaired) electrons. The fourth-order valence-corrected chi connectivity index (χ4v) is 3.36. The van der Waals surface area contributed by atoms with E-state index in [0.717, 1.165) is 5.52 Å². The number of amides is 3. The summed E-state index contributed by atoms with van der Waals surface area (Å²) in [4.78, 5) is 32.6. The molecule has 4 rings (SSSR count). The molecule has 1 fully saturated rings. The first-order chi connectivity index (χ1) is 14.6. The van der Waals surface area contributed by atoms with Crippen molar-refractivity contribution in [1.29, 1.82) is 0 Å². The van der Waals surface area contributed by atoms with Crippen LogP contribution in [0.1, 0.15) is 5.89 Å². The van der Waals surface area contributed by atoms with Crippen LogP contribution in [0.5, 0.6) is 11.5 Å². The molecule has 1 aliphatic rings. The summed E-state index contributed by atoms with van der Waals surface area (Å²) in [5, 5.41) is 2.75. The number of carbonyl (C=O) groups excluding carboxylic acids is 2. The first-order valence-corrected chi connectivity index (χ1v) is 9.48. The Bertz CT molecular complexity index is 1050. The Balaban J connectivity index is 1.37. The lowest BCUT2D eigenvalue weighted by Crippen LogP contribution is -2.39. The highest BCUT2D eigenvalue weighted by Crippen LogP contribution is 2.34. The lowest BCUT2D eigenvalue weighted by atomic mass is 10.2. The van der Waals surface area contributed by atoms with Gasteiger partial charge in [-0.05, 0) is 24.3 Å². The van der Waals surface area contributed by atoms with Gasteiger partial charge in [0.1, 0.15) is 23.6 Å². The molecule has 1 aliphatic heterocycles. The Kier molecular flexibility index (Phi) is 5.42. The Morgan fingerprint density at radius 3 is 2.77 bits per heavy atom. The quantitative estimate of drug-likeness (QED) is 0.642. The van der Waals surface area contributed by atoms with Gasteiger partial charge in [0.2, 0.25) is 11.8 Å². The van der Waals surface area contributed by atoms with E-state index in [2.05, 4.69) is 10.3 Å². The van der Waals surface area contributed by atoms with E-state index in [1.165, 1.54) is 4.90 Å². The lowest BCUT2D eigenvalue weighted by molar-refractivity contribution is -0.121. The van der Waals surface area contributed by atoms with Crippen molar-refractivity contribution >= 4 is 28.7 Å². The zero-order chi connectivity index (χ0) is 21.1. The van der Waals surface area contributed by atoms with Crippen LogP contribution in [0.2, 0.25) is 0 Å². The van der Waals surface area contributed by atoms with E-state index < -0.39 is 0 Å². The topological polar surface area (TPSA) is 97.1 Å². The highest BCUT2D eigenvalue weighted by atomic mass is 16.5. The van der Waals surface area contributed by atoms with Crippen molar-refractivity contribution in [2.75, 3.05) is 38.8 Å². The Hall–Kier alpha value is -3.75. The third-order valence-corrected chi connectivity index (χ3v) is 4.88. The standard InChI is InChI=1S/C21H22N4O5/c1-28-14-7-8-18(29-2)16(11-14)25-10-9-24(21(25)27)13-19(26)22-12-20-23-15-5-3-4-6-17(15)30-20/h3-8,11H,9-10,12-13H2,1-2H3,(H,22,26). The van der Waals surface area contributed by atoms with Crippen molar-refractivity contribution in [3.05, 3.63) is 48.4 Å². The molecular formula is C21H22N4O5. The number of nitrogens with one attached hydrogen (secondary N) is 1. The molecule has 3 amide bonds. The Morgan fingerprint density at radius 2 is 2.00 bits per heavy atom. The molecule has 2 aromatic carbocycles.